The largest absolute Gasteiger partial charge is 0.304 e. The van der Waals surface area contributed by atoms with Gasteiger partial charge in [0.15, 0.2) is 11.6 Å². The third kappa shape index (κ3) is 2.74. The van der Waals surface area contributed by atoms with Crippen molar-refractivity contribution in [1.29, 1.82) is 5.26 Å². The summed E-state index contributed by atoms with van der Waals surface area (Å²) in [7, 11) is 0. The Bertz CT molecular complexity index is 1150. The molecule has 0 aliphatic carbocycles. The minimum atomic E-state index is -0.489. The molecule has 0 aliphatic heterocycles. The average molecular weight is 341 g/mol. The molecule has 1 aromatic carbocycles. The van der Waals surface area contributed by atoms with Crippen LogP contribution in [0.25, 0.3) is 16.7 Å². The van der Waals surface area contributed by atoms with Crippen LogP contribution < -0.4 is 5.32 Å². The topological polar surface area (TPSA) is 109 Å². The van der Waals surface area contributed by atoms with E-state index in [-0.39, 0.29) is 17.1 Å². The smallest absolute Gasteiger partial charge is 0.277 e. The fraction of sp³-hybridized carbons (Fsp3) is 0. The fourth-order valence-corrected chi connectivity index (χ4v) is 2.49. The van der Waals surface area contributed by atoms with Crippen LogP contribution in [0, 0.1) is 11.3 Å². The molecule has 0 unspecified atom stereocenters. The summed E-state index contributed by atoms with van der Waals surface area (Å²) in [6.45, 7) is 0. The first-order valence-electron chi connectivity index (χ1n) is 7.68. The van der Waals surface area contributed by atoms with Crippen molar-refractivity contribution in [2.24, 2.45) is 0 Å². The van der Waals surface area contributed by atoms with E-state index in [1.165, 1.54) is 29.5 Å². The summed E-state index contributed by atoms with van der Waals surface area (Å²) in [4.78, 5) is 24.8. The van der Waals surface area contributed by atoms with Gasteiger partial charge < -0.3 is 5.32 Å². The number of amides is 1. The molecule has 4 aromatic rings. The second-order valence-corrected chi connectivity index (χ2v) is 5.34. The summed E-state index contributed by atoms with van der Waals surface area (Å²) in [5.41, 5.74) is 1.14. The van der Waals surface area contributed by atoms with Crippen molar-refractivity contribution < 1.29 is 4.79 Å². The number of anilines is 1. The van der Waals surface area contributed by atoms with E-state index < -0.39 is 5.91 Å². The number of benzene rings is 1. The van der Waals surface area contributed by atoms with E-state index in [9.17, 15) is 10.1 Å². The zero-order valence-electron chi connectivity index (χ0n) is 13.4. The molecule has 0 saturated heterocycles. The molecule has 0 radical (unpaired) electrons. The maximum Gasteiger partial charge on any atom is 0.277 e. The van der Waals surface area contributed by atoms with Gasteiger partial charge in [-0.3, -0.25) is 9.78 Å². The number of pyridine rings is 1. The minimum absolute atomic E-state index is 0.135. The summed E-state index contributed by atoms with van der Waals surface area (Å²) in [5, 5.41) is 17.2. The van der Waals surface area contributed by atoms with Gasteiger partial charge in [0.2, 0.25) is 0 Å². The molecule has 8 heteroatoms. The van der Waals surface area contributed by atoms with Gasteiger partial charge in [0.25, 0.3) is 5.91 Å². The lowest BCUT2D eigenvalue weighted by Gasteiger charge is -2.09. The maximum atomic E-state index is 12.4. The van der Waals surface area contributed by atoms with E-state index in [0.29, 0.717) is 5.82 Å². The Kier molecular flexibility index (Phi) is 3.80. The molecule has 0 aliphatic rings. The highest BCUT2D eigenvalue weighted by molar-refractivity contribution is 6.02. The quantitative estimate of drug-likeness (QED) is 0.612. The number of para-hydroxylation sites is 1. The zero-order chi connectivity index (χ0) is 17.9. The number of fused-ring (bicyclic) bond motifs is 1. The van der Waals surface area contributed by atoms with Crippen LogP contribution in [0.3, 0.4) is 0 Å². The first-order chi connectivity index (χ1) is 12.8. The molecular formula is C18H11N7O. The van der Waals surface area contributed by atoms with Crippen LogP contribution in [0.2, 0.25) is 0 Å². The van der Waals surface area contributed by atoms with Crippen molar-refractivity contribution >= 4 is 22.6 Å². The molecule has 4 rings (SSSR count). The average Bonchev–Trinajstić information content (AvgIpc) is 3.10. The van der Waals surface area contributed by atoms with Crippen molar-refractivity contribution in [2.45, 2.75) is 0 Å². The normalized spacial score (nSPS) is 10.4. The SMILES string of the molecule is N#Cc1cnn(-c2ccc3ccccc3n2)c1NC(=O)c1cnccn1. The minimum Gasteiger partial charge on any atom is -0.304 e. The predicted octanol–water partition coefficient (Wildman–Crippen LogP) is 2.33. The number of nitrogens with one attached hydrogen (secondary N) is 1. The van der Waals surface area contributed by atoms with Crippen LogP contribution in [0.5, 0.6) is 0 Å². The van der Waals surface area contributed by atoms with E-state index in [1.807, 2.05) is 36.4 Å². The molecule has 1 amide bonds. The molecule has 0 bridgehead atoms. The number of nitrogens with zero attached hydrogens (tertiary/aromatic N) is 6. The van der Waals surface area contributed by atoms with E-state index in [0.717, 1.165) is 10.9 Å². The summed E-state index contributed by atoms with van der Waals surface area (Å²) in [6.07, 6.45) is 5.61. The lowest BCUT2D eigenvalue weighted by Crippen LogP contribution is -2.17. The molecule has 0 saturated carbocycles. The highest BCUT2D eigenvalue weighted by Gasteiger charge is 2.17. The van der Waals surface area contributed by atoms with Crippen LogP contribution in [0.4, 0.5) is 5.82 Å². The second-order valence-electron chi connectivity index (χ2n) is 5.34. The van der Waals surface area contributed by atoms with Gasteiger partial charge in [0.05, 0.1) is 17.9 Å². The summed E-state index contributed by atoms with van der Waals surface area (Å²) in [5.74, 6) is 0.225. The van der Waals surface area contributed by atoms with Crippen LogP contribution in [0.1, 0.15) is 16.1 Å². The van der Waals surface area contributed by atoms with Gasteiger partial charge in [0, 0.05) is 17.8 Å². The third-order valence-electron chi connectivity index (χ3n) is 3.72. The van der Waals surface area contributed by atoms with Gasteiger partial charge in [-0.25, -0.2) is 9.97 Å². The van der Waals surface area contributed by atoms with E-state index in [4.69, 9.17) is 0 Å². The number of nitriles is 1. The lowest BCUT2D eigenvalue weighted by molar-refractivity contribution is 0.102. The van der Waals surface area contributed by atoms with Crippen LogP contribution >= 0.6 is 0 Å². The monoisotopic (exact) mass is 341 g/mol. The number of rotatable bonds is 3. The molecule has 8 nitrogen and oxygen atoms in total. The summed E-state index contributed by atoms with van der Waals surface area (Å²) < 4.78 is 1.42. The Morgan fingerprint density at radius 2 is 2.00 bits per heavy atom. The van der Waals surface area contributed by atoms with Crippen LogP contribution in [-0.4, -0.2) is 30.6 Å². The second kappa shape index (κ2) is 6.41. The third-order valence-corrected chi connectivity index (χ3v) is 3.72. The Morgan fingerprint density at radius 3 is 2.81 bits per heavy atom. The lowest BCUT2D eigenvalue weighted by atomic mass is 10.2. The zero-order valence-corrected chi connectivity index (χ0v) is 13.4. The highest BCUT2D eigenvalue weighted by Crippen LogP contribution is 2.21. The highest BCUT2D eigenvalue weighted by atomic mass is 16.2. The number of hydrogen-bond donors (Lipinski definition) is 1. The standard InChI is InChI=1S/C18H11N7O/c19-9-13-10-22-25(16-6-5-12-3-1-2-4-14(12)23-16)17(13)24-18(26)15-11-20-7-8-21-15/h1-8,10-11H,(H,24,26). The molecule has 0 spiro atoms. The van der Waals surface area contributed by atoms with E-state index in [2.05, 4.69) is 25.4 Å². The molecule has 124 valence electrons. The Hall–Kier alpha value is -4.12. The molecule has 3 heterocycles. The summed E-state index contributed by atoms with van der Waals surface area (Å²) >= 11 is 0. The van der Waals surface area contributed by atoms with Gasteiger partial charge in [-0.2, -0.15) is 15.0 Å². The first-order valence-corrected chi connectivity index (χ1v) is 7.68. The number of aromatic nitrogens is 5. The van der Waals surface area contributed by atoms with Gasteiger partial charge in [-0.05, 0) is 18.2 Å². The van der Waals surface area contributed by atoms with Crippen molar-refractivity contribution in [3.8, 4) is 11.9 Å². The van der Waals surface area contributed by atoms with E-state index >= 15 is 0 Å². The van der Waals surface area contributed by atoms with E-state index in [1.54, 1.807) is 6.07 Å². The molecule has 1 N–H and O–H groups in total. The first kappa shape index (κ1) is 15.4. The van der Waals surface area contributed by atoms with Gasteiger partial charge in [-0.15, -0.1) is 0 Å². The molecule has 0 atom stereocenters. The van der Waals surface area contributed by atoms with Crippen molar-refractivity contribution in [2.75, 3.05) is 5.32 Å². The Balaban J connectivity index is 1.76. The van der Waals surface area contributed by atoms with Crippen molar-refractivity contribution in [3.05, 3.63) is 72.4 Å². The Labute approximate surface area is 147 Å². The summed E-state index contributed by atoms with van der Waals surface area (Å²) in [6, 6.07) is 13.3. The van der Waals surface area contributed by atoms with Crippen molar-refractivity contribution in [1.82, 2.24) is 24.7 Å². The van der Waals surface area contributed by atoms with Crippen LogP contribution in [0.15, 0.2) is 61.2 Å². The molecule has 26 heavy (non-hydrogen) atoms. The van der Waals surface area contributed by atoms with Crippen molar-refractivity contribution in [3.63, 3.8) is 0 Å². The van der Waals surface area contributed by atoms with Crippen LogP contribution in [-0.2, 0) is 0 Å². The molecule has 3 aromatic heterocycles. The maximum absolute atomic E-state index is 12.4. The molecular weight excluding hydrogens is 330 g/mol. The number of hydrogen-bond acceptors (Lipinski definition) is 6. The van der Waals surface area contributed by atoms with Gasteiger partial charge >= 0.3 is 0 Å². The number of carbonyl (C=O) groups excluding carboxylic acids is 1. The molecule has 0 fully saturated rings. The fourth-order valence-electron chi connectivity index (χ4n) is 2.49. The number of carbonyl (C=O) groups is 1. The predicted molar refractivity (Wildman–Crippen MR) is 93.6 cm³/mol. The van der Waals surface area contributed by atoms with Gasteiger partial charge in [-0.1, -0.05) is 18.2 Å². The Morgan fingerprint density at radius 1 is 1.12 bits per heavy atom. The van der Waals surface area contributed by atoms with Gasteiger partial charge in [0.1, 0.15) is 17.3 Å².